The Kier molecular flexibility index (Phi) is 5.48. The average Bonchev–Trinajstić information content (AvgIpc) is 3.39. The van der Waals surface area contributed by atoms with Crippen LogP contribution in [0.2, 0.25) is 0 Å². The van der Waals surface area contributed by atoms with Crippen LogP contribution < -0.4 is 15.5 Å². The molecular formula is C20H28F2N4O. The van der Waals surface area contributed by atoms with Gasteiger partial charge < -0.3 is 20.3 Å². The number of hydrogen-bond donors (Lipinski definition) is 2. The van der Waals surface area contributed by atoms with Gasteiger partial charge in [0.05, 0.1) is 18.2 Å². The van der Waals surface area contributed by atoms with Crippen LogP contribution in [0.15, 0.2) is 23.2 Å². The number of nitrogens with zero attached hydrogens (tertiary/aromatic N) is 2. The molecule has 148 valence electrons. The van der Waals surface area contributed by atoms with E-state index < -0.39 is 11.6 Å². The molecule has 4 rings (SSSR count). The van der Waals surface area contributed by atoms with Gasteiger partial charge in [0, 0.05) is 37.9 Å². The smallest absolute Gasteiger partial charge is 0.191 e. The molecule has 3 fully saturated rings. The lowest BCUT2D eigenvalue weighted by molar-refractivity contribution is 0.0992. The molecule has 3 aliphatic rings. The van der Waals surface area contributed by atoms with E-state index in [-0.39, 0.29) is 0 Å². The molecular weight excluding hydrogens is 350 g/mol. The van der Waals surface area contributed by atoms with Gasteiger partial charge in [0.1, 0.15) is 0 Å². The zero-order valence-corrected chi connectivity index (χ0v) is 15.8. The third-order valence-corrected chi connectivity index (χ3v) is 5.83. The Morgan fingerprint density at radius 3 is 2.85 bits per heavy atom. The highest BCUT2D eigenvalue weighted by molar-refractivity contribution is 5.80. The Balaban J connectivity index is 1.32. The van der Waals surface area contributed by atoms with Crippen molar-refractivity contribution in [1.29, 1.82) is 0 Å². The molecule has 3 saturated heterocycles. The molecule has 2 N–H and O–H groups in total. The van der Waals surface area contributed by atoms with Crippen molar-refractivity contribution in [2.45, 2.75) is 50.9 Å². The zero-order valence-electron chi connectivity index (χ0n) is 15.8. The summed E-state index contributed by atoms with van der Waals surface area (Å²) in [5.74, 6) is -0.333. The lowest BCUT2D eigenvalue weighted by Gasteiger charge is -2.23. The molecule has 1 aromatic carbocycles. The number of fused-ring (bicyclic) bond motifs is 2. The van der Waals surface area contributed by atoms with Crippen LogP contribution in [0.25, 0.3) is 0 Å². The van der Waals surface area contributed by atoms with Crippen LogP contribution in [-0.2, 0) is 4.74 Å². The van der Waals surface area contributed by atoms with Crippen molar-refractivity contribution in [3.8, 4) is 0 Å². The molecule has 3 heterocycles. The van der Waals surface area contributed by atoms with Gasteiger partial charge in [-0.05, 0) is 50.7 Å². The standard InChI is InChI=1S/C20H28F2N4O/c1-2-23-20(25-18-10-15-4-6-19(18)27-15)24-11-13-7-8-26(12-13)14-3-5-16(21)17(22)9-14/h3,5,9,13,15,18-19H,2,4,6-8,10-12H2,1H3,(H2,23,24,25). The number of anilines is 1. The Labute approximate surface area is 159 Å². The molecule has 0 saturated carbocycles. The number of nitrogens with one attached hydrogen (secondary N) is 2. The molecule has 0 spiro atoms. The van der Waals surface area contributed by atoms with E-state index in [1.807, 2.05) is 0 Å². The fraction of sp³-hybridized carbons (Fsp3) is 0.650. The minimum atomic E-state index is -0.801. The van der Waals surface area contributed by atoms with E-state index in [1.54, 1.807) is 6.07 Å². The number of rotatable bonds is 5. The first kappa shape index (κ1) is 18.5. The summed E-state index contributed by atoms with van der Waals surface area (Å²) in [5.41, 5.74) is 0.740. The van der Waals surface area contributed by atoms with Crippen LogP contribution >= 0.6 is 0 Å². The van der Waals surface area contributed by atoms with Crippen molar-refractivity contribution in [2.24, 2.45) is 10.9 Å². The SMILES string of the molecule is CCNC(=NCC1CCN(c2ccc(F)c(F)c2)C1)NC1CC2CCC1O2. The summed E-state index contributed by atoms with van der Waals surface area (Å²) in [4.78, 5) is 6.88. The Morgan fingerprint density at radius 2 is 2.15 bits per heavy atom. The Morgan fingerprint density at radius 1 is 1.26 bits per heavy atom. The van der Waals surface area contributed by atoms with Gasteiger partial charge in [-0.3, -0.25) is 4.99 Å². The first-order valence-electron chi connectivity index (χ1n) is 10.0. The molecule has 0 aromatic heterocycles. The molecule has 5 nitrogen and oxygen atoms in total. The van der Waals surface area contributed by atoms with Gasteiger partial charge in [0.2, 0.25) is 0 Å². The number of ether oxygens (including phenoxy) is 1. The van der Waals surface area contributed by atoms with Crippen molar-refractivity contribution < 1.29 is 13.5 Å². The van der Waals surface area contributed by atoms with Gasteiger partial charge >= 0.3 is 0 Å². The van der Waals surface area contributed by atoms with E-state index in [1.165, 1.54) is 18.6 Å². The molecule has 27 heavy (non-hydrogen) atoms. The van der Waals surface area contributed by atoms with E-state index in [0.29, 0.717) is 24.2 Å². The molecule has 7 heteroatoms. The van der Waals surface area contributed by atoms with Crippen LogP contribution in [0, 0.1) is 17.6 Å². The number of guanidine groups is 1. The summed E-state index contributed by atoms with van der Waals surface area (Å²) in [5, 5.41) is 6.87. The minimum absolute atomic E-state index is 0.314. The second-order valence-corrected chi connectivity index (χ2v) is 7.78. The van der Waals surface area contributed by atoms with E-state index in [2.05, 4.69) is 22.5 Å². The van der Waals surface area contributed by atoms with Gasteiger partial charge in [-0.1, -0.05) is 0 Å². The van der Waals surface area contributed by atoms with Crippen LogP contribution in [0.3, 0.4) is 0 Å². The molecule has 4 unspecified atom stereocenters. The van der Waals surface area contributed by atoms with Gasteiger partial charge in [0.25, 0.3) is 0 Å². The molecule has 2 bridgehead atoms. The third-order valence-electron chi connectivity index (χ3n) is 5.83. The maximum Gasteiger partial charge on any atom is 0.191 e. The molecule has 0 amide bonds. The van der Waals surface area contributed by atoms with E-state index in [9.17, 15) is 8.78 Å². The van der Waals surface area contributed by atoms with E-state index in [4.69, 9.17) is 9.73 Å². The van der Waals surface area contributed by atoms with Gasteiger partial charge in [-0.25, -0.2) is 8.78 Å². The lowest BCUT2D eigenvalue weighted by Crippen LogP contribution is -2.47. The Hall–Kier alpha value is -1.89. The van der Waals surface area contributed by atoms with Crippen molar-refractivity contribution in [1.82, 2.24) is 10.6 Å². The van der Waals surface area contributed by atoms with Crippen LogP contribution in [0.4, 0.5) is 14.5 Å². The average molecular weight is 378 g/mol. The van der Waals surface area contributed by atoms with Gasteiger partial charge in [-0.2, -0.15) is 0 Å². The molecule has 1 aromatic rings. The second kappa shape index (κ2) is 8.00. The predicted octanol–water partition coefficient (Wildman–Crippen LogP) is 2.67. The minimum Gasteiger partial charge on any atom is -0.373 e. The Bertz CT molecular complexity index is 699. The van der Waals surface area contributed by atoms with Crippen LogP contribution in [-0.4, -0.2) is 50.4 Å². The maximum atomic E-state index is 13.5. The van der Waals surface area contributed by atoms with E-state index in [0.717, 1.165) is 57.1 Å². The predicted molar refractivity (Wildman–Crippen MR) is 102 cm³/mol. The maximum absolute atomic E-state index is 13.5. The van der Waals surface area contributed by atoms with Gasteiger partial charge in [0.15, 0.2) is 17.6 Å². The number of benzene rings is 1. The zero-order chi connectivity index (χ0) is 18.8. The molecule has 3 aliphatic heterocycles. The van der Waals surface area contributed by atoms with Crippen molar-refractivity contribution in [2.75, 3.05) is 31.1 Å². The van der Waals surface area contributed by atoms with Crippen molar-refractivity contribution in [3.63, 3.8) is 0 Å². The van der Waals surface area contributed by atoms with E-state index >= 15 is 0 Å². The fourth-order valence-corrected chi connectivity index (χ4v) is 4.40. The quantitative estimate of drug-likeness (QED) is 0.611. The third kappa shape index (κ3) is 4.18. The van der Waals surface area contributed by atoms with Gasteiger partial charge in [-0.15, -0.1) is 0 Å². The summed E-state index contributed by atoms with van der Waals surface area (Å²) in [6, 6.07) is 4.47. The number of aliphatic imine (C=N–C) groups is 1. The highest BCUT2D eigenvalue weighted by atomic mass is 19.2. The summed E-state index contributed by atoms with van der Waals surface area (Å²) in [7, 11) is 0. The molecule has 0 radical (unpaired) electrons. The summed E-state index contributed by atoms with van der Waals surface area (Å²) >= 11 is 0. The molecule has 4 atom stereocenters. The number of hydrogen-bond acceptors (Lipinski definition) is 3. The highest BCUT2D eigenvalue weighted by Crippen LogP contribution is 2.34. The topological polar surface area (TPSA) is 48.9 Å². The second-order valence-electron chi connectivity index (χ2n) is 7.78. The largest absolute Gasteiger partial charge is 0.373 e. The number of halogens is 2. The van der Waals surface area contributed by atoms with Crippen LogP contribution in [0.1, 0.15) is 32.6 Å². The summed E-state index contributed by atoms with van der Waals surface area (Å²) in [6.45, 7) is 5.26. The summed E-state index contributed by atoms with van der Waals surface area (Å²) < 4.78 is 32.5. The molecule has 0 aliphatic carbocycles. The lowest BCUT2D eigenvalue weighted by atomic mass is 9.96. The fourth-order valence-electron chi connectivity index (χ4n) is 4.40. The monoisotopic (exact) mass is 378 g/mol. The van der Waals surface area contributed by atoms with Crippen molar-refractivity contribution >= 4 is 11.6 Å². The highest BCUT2D eigenvalue weighted by Gasteiger charge is 2.41. The van der Waals surface area contributed by atoms with Crippen LogP contribution in [0.5, 0.6) is 0 Å². The first-order chi connectivity index (χ1) is 13.1. The summed E-state index contributed by atoms with van der Waals surface area (Å²) in [6.07, 6.45) is 5.09. The van der Waals surface area contributed by atoms with Crippen molar-refractivity contribution in [3.05, 3.63) is 29.8 Å². The first-order valence-corrected chi connectivity index (χ1v) is 10.0. The normalized spacial score (nSPS) is 30.2.